The maximum absolute atomic E-state index is 13.5. The third-order valence-electron chi connectivity index (χ3n) is 4.88. The number of rotatable bonds is 3. The van der Waals surface area contributed by atoms with Gasteiger partial charge in [-0.15, -0.1) is 0 Å². The van der Waals surface area contributed by atoms with E-state index in [-0.39, 0.29) is 17.8 Å². The van der Waals surface area contributed by atoms with Crippen LogP contribution in [-0.2, 0) is 4.74 Å². The first-order valence-corrected chi connectivity index (χ1v) is 8.94. The van der Waals surface area contributed by atoms with E-state index < -0.39 is 0 Å². The Morgan fingerprint density at radius 3 is 2.67 bits per heavy atom. The van der Waals surface area contributed by atoms with Crippen LogP contribution >= 0.6 is 0 Å². The van der Waals surface area contributed by atoms with Crippen LogP contribution in [0.4, 0.5) is 10.2 Å². The number of fused-ring (bicyclic) bond motifs is 1. The fourth-order valence-electron chi connectivity index (χ4n) is 3.40. The third kappa shape index (κ3) is 3.61. The molecule has 3 N–H and O–H groups in total. The lowest BCUT2D eigenvalue weighted by molar-refractivity contribution is 0.0697. The van der Waals surface area contributed by atoms with Gasteiger partial charge in [-0.25, -0.2) is 9.37 Å². The van der Waals surface area contributed by atoms with Crippen LogP contribution in [0, 0.1) is 5.82 Å². The van der Waals surface area contributed by atoms with Gasteiger partial charge in [0.15, 0.2) is 0 Å². The van der Waals surface area contributed by atoms with Gasteiger partial charge in [0.05, 0.1) is 5.56 Å². The molecule has 2 aromatic carbocycles. The zero-order valence-corrected chi connectivity index (χ0v) is 14.7. The van der Waals surface area contributed by atoms with Gasteiger partial charge in [-0.1, -0.05) is 24.3 Å². The van der Waals surface area contributed by atoms with E-state index >= 15 is 0 Å². The summed E-state index contributed by atoms with van der Waals surface area (Å²) in [6.45, 7) is 1.31. The molecule has 4 rings (SSSR count). The second-order valence-corrected chi connectivity index (χ2v) is 6.69. The number of aromatic nitrogens is 1. The zero-order chi connectivity index (χ0) is 18.8. The highest BCUT2D eigenvalue weighted by Crippen LogP contribution is 2.29. The number of hydrogen-bond acceptors (Lipinski definition) is 4. The number of carbonyl (C=O) groups is 1. The summed E-state index contributed by atoms with van der Waals surface area (Å²) in [5, 5.41) is 4.46. The Morgan fingerprint density at radius 2 is 1.89 bits per heavy atom. The minimum absolute atomic E-state index is 0.102. The Balaban J connectivity index is 1.70. The summed E-state index contributed by atoms with van der Waals surface area (Å²) >= 11 is 0. The topological polar surface area (TPSA) is 77.2 Å². The standard InChI is InChI=1S/C21H20FN3O2/c22-15-3-1-2-13(10-15)14-4-5-17-18(11-14)20(23)24-12-19(17)21(26)25-16-6-8-27-9-7-16/h1-5,10-12,16H,6-9H2,(H2,23,24)(H,25,26). The summed E-state index contributed by atoms with van der Waals surface area (Å²) in [7, 11) is 0. The molecule has 0 bridgehead atoms. The van der Waals surface area contributed by atoms with Gasteiger partial charge in [-0.05, 0) is 47.6 Å². The molecule has 1 aliphatic rings. The van der Waals surface area contributed by atoms with Gasteiger partial charge in [0.1, 0.15) is 11.6 Å². The van der Waals surface area contributed by atoms with Gasteiger partial charge in [-0.2, -0.15) is 0 Å². The fourth-order valence-corrected chi connectivity index (χ4v) is 3.40. The maximum Gasteiger partial charge on any atom is 0.253 e. The monoisotopic (exact) mass is 365 g/mol. The van der Waals surface area contributed by atoms with Crippen LogP contribution < -0.4 is 11.1 Å². The van der Waals surface area contributed by atoms with Crippen LogP contribution in [0.3, 0.4) is 0 Å². The van der Waals surface area contributed by atoms with Crippen molar-refractivity contribution in [3.05, 3.63) is 60.0 Å². The van der Waals surface area contributed by atoms with Crippen molar-refractivity contribution in [1.29, 1.82) is 0 Å². The van der Waals surface area contributed by atoms with Crippen LogP contribution in [0.2, 0.25) is 0 Å². The molecular formula is C21H20FN3O2. The summed E-state index contributed by atoms with van der Waals surface area (Å²) in [6.07, 6.45) is 3.11. The molecule has 5 nitrogen and oxygen atoms in total. The smallest absolute Gasteiger partial charge is 0.253 e. The quantitative estimate of drug-likeness (QED) is 0.744. The van der Waals surface area contributed by atoms with Crippen LogP contribution in [0.25, 0.3) is 21.9 Å². The van der Waals surface area contributed by atoms with Crippen molar-refractivity contribution in [2.24, 2.45) is 0 Å². The molecule has 1 amide bonds. The van der Waals surface area contributed by atoms with Crippen LogP contribution in [0.1, 0.15) is 23.2 Å². The number of pyridine rings is 1. The number of nitrogens with one attached hydrogen (secondary N) is 1. The van der Waals surface area contributed by atoms with E-state index in [1.54, 1.807) is 6.07 Å². The molecular weight excluding hydrogens is 345 g/mol. The van der Waals surface area contributed by atoms with E-state index in [1.807, 2.05) is 24.3 Å². The number of nitrogens with two attached hydrogens (primary N) is 1. The van der Waals surface area contributed by atoms with Crippen molar-refractivity contribution in [2.45, 2.75) is 18.9 Å². The Morgan fingerprint density at radius 1 is 1.11 bits per heavy atom. The Hall–Kier alpha value is -2.99. The number of nitrogens with zero attached hydrogens (tertiary/aromatic N) is 1. The minimum Gasteiger partial charge on any atom is -0.383 e. The highest BCUT2D eigenvalue weighted by Gasteiger charge is 2.19. The number of anilines is 1. The van der Waals surface area contributed by atoms with Gasteiger partial charge in [0.2, 0.25) is 0 Å². The molecule has 27 heavy (non-hydrogen) atoms. The first-order valence-electron chi connectivity index (χ1n) is 8.94. The van der Waals surface area contributed by atoms with E-state index in [2.05, 4.69) is 10.3 Å². The summed E-state index contributed by atoms with van der Waals surface area (Å²) in [4.78, 5) is 16.9. The second kappa shape index (κ2) is 7.32. The Kier molecular flexibility index (Phi) is 4.73. The average Bonchev–Trinajstić information content (AvgIpc) is 2.69. The molecule has 0 aliphatic carbocycles. The Bertz CT molecular complexity index is 1000. The molecule has 0 unspecified atom stereocenters. The summed E-state index contributed by atoms with van der Waals surface area (Å²) in [5.74, 6) is -0.132. The van der Waals surface area contributed by atoms with Crippen LogP contribution in [0.5, 0.6) is 0 Å². The molecule has 1 fully saturated rings. The number of benzene rings is 2. The van der Waals surface area contributed by atoms with Gasteiger partial charge in [0, 0.05) is 30.8 Å². The first-order chi connectivity index (χ1) is 13.1. The third-order valence-corrected chi connectivity index (χ3v) is 4.88. The number of amides is 1. The number of nitrogen functional groups attached to an aromatic ring is 1. The van der Waals surface area contributed by atoms with Crippen LogP contribution in [0.15, 0.2) is 48.7 Å². The maximum atomic E-state index is 13.5. The molecule has 0 spiro atoms. The number of hydrogen-bond donors (Lipinski definition) is 2. The summed E-state index contributed by atoms with van der Waals surface area (Å²) < 4.78 is 18.9. The molecule has 138 valence electrons. The lowest BCUT2D eigenvalue weighted by atomic mass is 9.99. The highest BCUT2D eigenvalue weighted by molar-refractivity contribution is 6.09. The number of ether oxygens (including phenoxy) is 1. The van der Waals surface area contributed by atoms with Crippen molar-refractivity contribution in [3.63, 3.8) is 0 Å². The van der Waals surface area contributed by atoms with Crippen LogP contribution in [-0.4, -0.2) is 30.1 Å². The van der Waals surface area contributed by atoms with Crippen molar-refractivity contribution < 1.29 is 13.9 Å². The van der Waals surface area contributed by atoms with E-state index in [1.165, 1.54) is 18.3 Å². The predicted molar refractivity (Wildman–Crippen MR) is 103 cm³/mol. The highest BCUT2D eigenvalue weighted by atomic mass is 19.1. The number of carbonyl (C=O) groups excluding carboxylic acids is 1. The van der Waals surface area contributed by atoms with Crippen molar-refractivity contribution in [3.8, 4) is 11.1 Å². The van der Waals surface area contributed by atoms with E-state index in [4.69, 9.17) is 10.5 Å². The largest absolute Gasteiger partial charge is 0.383 e. The molecule has 2 heterocycles. The average molecular weight is 365 g/mol. The SMILES string of the molecule is Nc1ncc(C(=O)NC2CCOCC2)c2ccc(-c3cccc(F)c3)cc12. The molecule has 0 radical (unpaired) electrons. The first kappa shape index (κ1) is 17.4. The molecule has 3 aromatic rings. The molecule has 6 heteroatoms. The van der Waals surface area contributed by atoms with Crippen molar-refractivity contribution in [2.75, 3.05) is 18.9 Å². The van der Waals surface area contributed by atoms with Crippen molar-refractivity contribution in [1.82, 2.24) is 10.3 Å². The van der Waals surface area contributed by atoms with E-state index in [9.17, 15) is 9.18 Å². The van der Waals surface area contributed by atoms with E-state index in [0.717, 1.165) is 29.4 Å². The number of halogens is 1. The second-order valence-electron chi connectivity index (χ2n) is 6.69. The van der Waals surface area contributed by atoms with Gasteiger partial charge < -0.3 is 15.8 Å². The zero-order valence-electron chi connectivity index (χ0n) is 14.7. The molecule has 1 saturated heterocycles. The van der Waals surface area contributed by atoms with Gasteiger partial charge in [-0.3, -0.25) is 4.79 Å². The van der Waals surface area contributed by atoms with E-state index in [0.29, 0.717) is 30.0 Å². The van der Waals surface area contributed by atoms with Gasteiger partial charge in [0.25, 0.3) is 5.91 Å². The molecule has 0 saturated carbocycles. The predicted octanol–water partition coefficient (Wildman–Crippen LogP) is 3.53. The van der Waals surface area contributed by atoms with Crippen molar-refractivity contribution >= 4 is 22.5 Å². The molecule has 1 aromatic heterocycles. The Labute approximate surface area is 156 Å². The lowest BCUT2D eigenvalue weighted by Gasteiger charge is -2.23. The van der Waals surface area contributed by atoms with Gasteiger partial charge >= 0.3 is 0 Å². The summed E-state index contributed by atoms with van der Waals surface area (Å²) in [6, 6.07) is 12.0. The molecule has 0 atom stereocenters. The minimum atomic E-state index is -0.303. The summed E-state index contributed by atoms with van der Waals surface area (Å²) in [5.41, 5.74) is 8.10. The molecule has 1 aliphatic heterocycles. The lowest BCUT2D eigenvalue weighted by Crippen LogP contribution is -2.39. The fraction of sp³-hybridized carbons (Fsp3) is 0.238. The normalized spacial score (nSPS) is 15.0.